The molecule has 1 atom stereocenters. The van der Waals surface area contributed by atoms with Gasteiger partial charge in [0.1, 0.15) is 5.75 Å². The van der Waals surface area contributed by atoms with E-state index in [2.05, 4.69) is 12.2 Å². The number of hydrogen-bond donors (Lipinski definition) is 1. The summed E-state index contributed by atoms with van der Waals surface area (Å²) in [4.78, 5) is 15.7. The molecule has 0 bridgehead atoms. The number of carbonyl (C=O) groups is 1. The number of rotatable bonds is 2. The summed E-state index contributed by atoms with van der Waals surface area (Å²) in [6.45, 7) is 6.63. The Morgan fingerprint density at radius 1 is 1.45 bits per heavy atom. The molecule has 0 radical (unpaired) electrons. The van der Waals surface area contributed by atoms with Crippen LogP contribution in [0.5, 0.6) is 5.75 Å². The predicted octanol–water partition coefficient (Wildman–Crippen LogP) is 3.07. The minimum absolute atomic E-state index is 0. The van der Waals surface area contributed by atoms with Gasteiger partial charge < -0.3 is 15.0 Å². The van der Waals surface area contributed by atoms with Crippen LogP contribution in [0.1, 0.15) is 22.2 Å². The van der Waals surface area contributed by atoms with Crippen LogP contribution in [0.25, 0.3) is 10.1 Å². The summed E-state index contributed by atoms with van der Waals surface area (Å²) in [6.07, 6.45) is 0. The number of fused-ring (bicyclic) bond motifs is 1. The summed E-state index contributed by atoms with van der Waals surface area (Å²) in [6, 6.07) is 6.23. The number of nitrogens with one attached hydrogen (secondary N) is 1. The third-order valence-electron chi connectivity index (χ3n) is 4.10. The van der Waals surface area contributed by atoms with Crippen LogP contribution in [-0.2, 0) is 0 Å². The number of methoxy groups -OCH3 is 1. The number of piperazine rings is 1. The molecule has 1 aliphatic rings. The van der Waals surface area contributed by atoms with Crippen molar-refractivity contribution >= 4 is 39.7 Å². The number of aryl methyl sites for hydroxylation is 1. The van der Waals surface area contributed by atoms with Gasteiger partial charge in [-0.1, -0.05) is 0 Å². The van der Waals surface area contributed by atoms with Crippen LogP contribution in [0.4, 0.5) is 0 Å². The number of carbonyl (C=O) groups excluding carboxylic acids is 1. The lowest BCUT2D eigenvalue weighted by Gasteiger charge is -2.33. The maximum Gasteiger partial charge on any atom is 0.264 e. The quantitative estimate of drug-likeness (QED) is 0.913. The maximum atomic E-state index is 12.8. The lowest BCUT2D eigenvalue weighted by molar-refractivity contribution is 0.0660. The lowest BCUT2D eigenvalue weighted by atomic mass is 10.1. The van der Waals surface area contributed by atoms with Gasteiger partial charge in [-0.15, -0.1) is 23.7 Å². The van der Waals surface area contributed by atoms with E-state index in [0.29, 0.717) is 0 Å². The molecule has 1 saturated heterocycles. The second kappa shape index (κ2) is 6.86. The molecule has 6 heteroatoms. The SMILES string of the molecule is COc1ccc2sc(C(=O)N3CCNC[C@H]3C)c(C)c2c1.Cl. The van der Waals surface area contributed by atoms with Gasteiger partial charge in [0.25, 0.3) is 5.91 Å². The van der Waals surface area contributed by atoms with Crippen LogP contribution in [0.2, 0.25) is 0 Å². The monoisotopic (exact) mass is 340 g/mol. The normalized spacial score (nSPS) is 18.1. The van der Waals surface area contributed by atoms with Crippen molar-refractivity contribution in [2.75, 3.05) is 26.7 Å². The van der Waals surface area contributed by atoms with Gasteiger partial charge in [0.2, 0.25) is 0 Å². The highest BCUT2D eigenvalue weighted by molar-refractivity contribution is 7.21. The minimum Gasteiger partial charge on any atom is -0.497 e. The second-order valence-corrected chi connectivity index (χ2v) is 6.52. The van der Waals surface area contributed by atoms with E-state index in [1.165, 1.54) is 0 Å². The fraction of sp³-hybridized carbons (Fsp3) is 0.438. The number of nitrogens with zero attached hydrogens (tertiary/aromatic N) is 1. The third-order valence-corrected chi connectivity index (χ3v) is 5.36. The molecule has 1 aromatic carbocycles. The smallest absolute Gasteiger partial charge is 0.264 e. The molecule has 1 aliphatic heterocycles. The van der Waals surface area contributed by atoms with Crippen molar-refractivity contribution in [3.05, 3.63) is 28.6 Å². The first kappa shape index (κ1) is 17.1. The van der Waals surface area contributed by atoms with Gasteiger partial charge in [-0.25, -0.2) is 0 Å². The number of thiophene rings is 1. The first-order valence-electron chi connectivity index (χ1n) is 7.20. The van der Waals surface area contributed by atoms with Crippen LogP contribution in [-0.4, -0.2) is 43.6 Å². The topological polar surface area (TPSA) is 41.6 Å². The molecule has 120 valence electrons. The van der Waals surface area contributed by atoms with Gasteiger partial charge in [-0.3, -0.25) is 4.79 Å². The minimum atomic E-state index is 0. The van der Waals surface area contributed by atoms with E-state index in [-0.39, 0.29) is 24.4 Å². The van der Waals surface area contributed by atoms with E-state index in [1.54, 1.807) is 18.4 Å². The van der Waals surface area contributed by atoms with Crippen molar-refractivity contribution in [2.24, 2.45) is 0 Å². The largest absolute Gasteiger partial charge is 0.497 e. The van der Waals surface area contributed by atoms with Gasteiger partial charge in [0.05, 0.1) is 12.0 Å². The number of hydrogen-bond acceptors (Lipinski definition) is 4. The first-order valence-corrected chi connectivity index (χ1v) is 8.02. The third kappa shape index (κ3) is 2.93. The van der Waals surface area contributed by atoms with Crippen molar-refractivity contribution in [3.8, 4) is 5.75 Å². The Kier molecular flexibility index (Phi) is 5.32. The summed E-state index contributed by atoms with van der Waals surface area (Å²) < 4.78 is 6.42. The van der Waals surface area contributed by atoms with Crippen LogP contribution >= 0.6 is 23.7 Å². The molecular formula is C16H21ClN2O2S. The second-order valence-electron chi connectivity index (χ2n) is 5.47. The molecule has 4 nitrogen and oxygen atoms in total. The Bertz CT molecular complexity index is 686. The van der Waals surface area contributed by atoms with Crippen molar-refractivity contribution in [2.45, 2.75) is 19.9 Å². The molecule has 0 aliphatic carbocycles. The Hall–Kier alpha value is -1.30. The Morgan fingerprint density at radius 3 is 2.91 bits per heavy atom. The van der Waals surface area contributed by atoms with Crippen LogP contribution < -0.4 is 10.1 Å². The highest BCUT2D eigenvalue weighted by atomic mass is 35.5. The van der Waals surface area contributed by atoms with Crippen LogP contribution in [0.3, 0.4) is 0 Å². The van der Waals surface area contributed by atoms with Crippen molar-refractivity contribution in [3.63, 3.8) is 0 Å². The summed E-state index contributed by atoms with van der Waals surface area (Å²) in [5.41, 5.74) is 1.06. The lowest BCUT2D eigenvalue weighted by Crippen LogP contribution is -2.52. The maximum absolute atomic E-state index is 12.8. The molecule has 2 heterocycles. The Morgan fingerprint density at radius 2 is 2.23 bits per heavy atom. The molecule has 0 saturated carbocycles. The molecule has 0 spiro atoms. The molecule has 1 amide bonds. The molecule has 1 fully saturated rings. The number of ether oxygens (including phenoxy) is 1. The van der Waals surface area contributed by atoms with Gasteiger partial charge in [-0.05, 0) is 43.0 Å². The fourth-order valence-corrected chi connectivity index (χ4v) is 3.95. The Labute approximate surface area is 140 Å². The van der Waals surface area contributed by atoms with E-state index in [4.69, 9.17) is 4.74 Å². The first-order chi connectivity index (χ1) is 10.1. The molecule has 3 rings (SSSR count). The van der Waals surface area contributed by atoms with Gasteiger partial charge in [0.15, 0.2) is 0 Å². The average molecular weight is 341 g/mol. The number of halogens is 1. The highest BCUT2D eigenvalue weighted by Gasteiger charge is 2.27. The number of benzene rings is 1. The highest BCUT2D eigenvalue weighted by Crippen LogP contribution is 2.34. The Balaban J connectivity index is 0.00000176. The number of amides is 1. The van der Waals surface area contributed by atoms with Crippen LogP contribution in [0, 0.1) is 6.92 Å². The molecule has 1 aromatic heterocycles. The predicted molar refractivity (Wildman–Crippen MR) is 93.7 cm³/mol. The van der Waals surface area contributed by atoms with E-state index in [9.17, 15) is 4.79 Å². The summed E-state index contributed by atoms with van der Waals surface area (Å²) >= 11 is 1.58. The van der Waals surface area contributed by atoms with Crippen molar-refractivity contribution in [1.29, 1.82) is 0 Å². The van der Waals surface area contributed by atoms with Gasteiger partial charge >= 0.3 is 0 Å². The summed E-state index contributed by atoms with van der Waals surface area (Å²) in [5.74, 6) is 0.986. The molecule has 1 N–H and O–H groups in total. The molecule has 2 aromatic rings. The molecule has 0 unspecified atom stereocenters. The van der Waals surface area contributed by atoms with Gasteiger partial charge in [0, 0.05) is 30.4 Å². The van der Waals surface area contributed by atoms with Gasteiger partial charge in [-0.2, -0.15) is 0 Å². The summed E-state index contributed by atoms with van der Waals surface area (Å²) in [7, 11) is 1.66. The van der Waals surface area contributed by atoms with Crippen LogP contribution in [0.15, 0.2) is 18.2 Å². The van der Waals surface area contributed by atoms with Crippen molar-refractivity contribution < 1.29 is 9.53 Å². The molecule has 22 heavy (non-hydrogen) atoms. The zero-order valence-corrected chi connectivity index (χ0v) is 14.6. The zero-order chi connectivity index (χ0) is 15.0. The summed E-state index contributed by atoms with van der Waals surface area (Å²) in [5, 5.41) is 4.44. The van der Waals surface area contributed by atoms with Crippen molar-refractivity contribution in [1.82, 2.24) is 10.2 Å². The average Bonchev–Trinajstić information content (AvgIpc) is 2.83. The standard InChI is InChI=1S/C16H20N2O2S.ClH/c1-10-9-17-6-7-18(10)16(19)15-11(2)13-8-12(20-3)4-5-14(13)21-15;/h4-5,8,10,17H,6-7,9H2,1-3H3;1H/t10-;/m1./s1. The zero-order valence-electron chi connectivity index (χ0n) is 13.0. The van der Waals surface area contributed by atoms with E-state index in [1.807, 2.05) is 30.0 Å². The van der Waals surface area contributed by atoms with E-state index < -0.39 is 0 Å². The molecular weight excluding hydrogens is 320 g/mol. The van der Waals surface area contributed by atoms with E-state index >= 15 is 0 Å². The van der Waals surface area contributed by atoms with E-state index in [0.717, 1.165) is 45.9 Å². The fourth-order valence-electron chi connectivity index (χ4n) is 2.80.